The number of aliphatic hydroxyl groups is 3. The van der Waals surface area contributed by atoms with Crippen LogP contribution in [-0.2, 0) is 14.4 Å². The number of nitrogens with zero attached hydrogens (tertiary/aromatic N) is 1. The fraction of sp³-hybridized carbons (Fsp3) is 0.321. The van der Waals surface area contributed by atoms with Crippen LogP contribution in [0.25, 0.3) is 5.76 Å². The summed E-state index contributed by atoms with van der Waals surface area (Å²) in [6, 6.07) is 10.2. The van der Waals surface area contributed by atoms with Crippen molar-refractivity contribution < 1.29 is 39.2 Å². The quantitative estimate of drug-likeness (QED) is 0.298. The number of phenolic OH excluding ortho intramolecular Hbond substituents is 1. The van der Waals surface area contributed by atoms with Crippen LogP contribution in [0.3, 0.4) is 0 Å². The Morgan fingerprint density at radius 2 is 1.68 bits per heavy atom. The molecule has 2 aromatic carbocycles. The van der Waals surface area contributed by atoms with Crippen LogP contribution in [0.5, 0.6) is 5.75 Å². The summed E-state index contributed by atoms with van der Waals surface area (Å²) < 4.78 is 15.3. The van der Waals surface area contributed by atoms with E-state index in [4.69, 9.17) is 10.8 Å². The summed E-state index contributed by atoms with van der Waals surface area (Å²) in [5.74, 6) is -7.74. The SMILES string of the molecule is CN(C)[C@@H]1C=C(C(N)=O)C(=O)[C@@]2(O)C(=O)C3=C(O)c4c(O)ccc(F)c4[C@H](c4ccccc4)[C@H]3C[C@@H]12.CO. The van der Waals surface area contributed by atoms with Crippen LogP contribution >= 0.6 is 0 Å². The number of rotatable bonds is 3. The van der Waals surface area contributed by atoms with Gasteiger partial charge in [-0.15, -0.1) is 0 Å². The summed E-state index contributed by atoms with van der Waals surface area (Å²) in [6.45, 7) is 0. The van der Waals surface area contributed by atoms with Crippen molar-refractivity contribution in [3.8, 4) is 5.75 Å². The number of benzene rings is 2. The molecule has 0 saturated heterocycles. The minimum atomic E-state index is -2.67. The lowest BCUT2D eigenvalue weighted by Crippen LogP contribution is -2.66. The number of carbonyl (C=O) groups is 3. The second-order valence-corrected chi connectivity index (χ2v) is 9.78. The minimum Gasteiger partial charge on any atom is -0.507 e. The minimum absolute atomic E-state index is 0.00680. The number of likely N-dealkylation sites (N-methyl/N-ethyl adjacent to an activating group) is 1. The summed E-state index contributed by atoms with van der Waals surface area (Å²) in [6.07, 6.45) is 1.36. The molecule has 3 aliphatic rings. The van der Waals surface area contributed by atoms with Crippen molar-refractivity contribution in [2.24, 2.45) is 17.6 Å². The average molecular weight is 525 g/mol. The summed E-state index contributed by atoms with van der Waals surface area (Å²) in [5, 5.41) is 40.5. The predicted molar refractivity (Wildman–Crippen MR) is 135 cm³/mol. The molecule has 5 rings (SSSR count). The maximum Gasteiger partial charge on any atom is 0.252 e. The first kappa shape index (κ1) is 27.2. The Hall–Kier alpha value is -3.86. The largest absolute Gasteiger partial charge is 0.507 e. The van der Waals surface area contributed by atoms with E-state index in [1.165, 1.54) is 6.08 Å². The van der Waals surface area contributed by atoms with Gasteiger partial charge in [-0.1, -0.05) is 36.4 Å². The smallest absolute Gasteiger partial charge is 0.252 e. The Labute approximate surface area is 218 Å². The molecule has 0 aromatic heterocycles. The molecule has 0 aliphatic heterocycles. The summed E-state index contributed by atoms with van der Waals surface area (Å²) in [5.41, 5.74) is 2.35. The molecule has 2 aromatic rings. The van der Waals surface area contributed by atoms with Gasteiger partial charge in [0.1, 0.15) is 17.3 Å². The van der Waals surface area contributed by atoms with E-state index in [9.17, 15) is 29.7 Å². The highest BCUT2D eigenvalue weighted by Gasteiger charge is 2.64. The van der Waals surface area contributed by atoms with Crippen LogP contribution in [0.2, 0.25) is 0 Å². The van der Waals surface area contributed by atoms with Crippen LogP contribution in [0.4, 0.5) is 4.39 Å². The molecule has 1 fully saturated rings. The molecular weight excluding hydrogens is 495 g/mol. The van der Waals surface area contributed by atoms with Gasteiger partial charge in [0, 0.05) is 42.0 Å². The Kier molecular flexibility index (Phi) is 7.00. The lowest BCUT2D eigenvalue weighted by atomic mass is 9.54. The third-order valence-corrected chi connectivity index (χ3v) is 7.74. The topological polar surface area (TPSA) is 161 Å². The summed E-state index contributed by atoms with van der Waals surface area (Å²) in [4.78, 5) is 41.0. The molecule has 0 heterocycles. The number of hydrogen-bond acceptors (Lipinski definition) is 8. The first-order valence-corrected chi connectivity index (χ1v) is 11.9. The molecule has 6 N–H and O–H groups in total. The number of Topliss-reactive ketones (excluding diaryl/α,β-unsaturated/α-hetero) is 2. The van der Waals surface area contributed by atoms with E-state index < -0.39 is 69.8 Å². The monoisotopic (exact) mass is 524 g/mol. The summed E-state index contributed by atoms with van der Waals surface area (Å²) >= 11 is 0. The number of fused-ring (bicyclic) bond motifs is 3. The number of carbonyl (C=O) groups excluding carboxylic acids is 3. The maximum atomic E-state index is 15.3. The lowest BCUT2D eigenvalue weighted by Gasteiger charge is -2.51. The first-order valence-electron chi connectivity index (χ1n) is 11.9. The van der Waals surface area contributed by atoms with Gasteiger partial charge in [0.05, 0.1) is 11.1 Å². The standard InChI is InChI=1S/C27H25FN2O6.CH4O/c1-30(2)17-11-14(26(29)35)24(33)27(36)15(17)10-13-19(12-6-4-3-5-7-12)21-16(28)8-9-18(31)22(21)23(32)20(13)25(27)34;1-2/h3-9,11,13,15,17,19,31-32,36H,10H2,1-2H3,(H2,29,35);2H,1H3/t13-,15+,17-,19-,27-;/m1./s1. The average Bonchev–Trinajstić information content (AvgIpc) is 2.89. The Balaban J connectivity index is 0.00000164. The van der Waals surface area contributed by atoms with Crippen molar-refractivity contribution in [1.29, 1.82) is 0 Å². The van der Waals surface area contributed by atoms with Gasteiger partial charge in [-0.25, -0.2) is 4.39 Å². The molecule has 0 bridgehead atoms. The number of aromatic hydroxyl groups is 1. The van der Waals surface area contributed by atoms with Crippen LogP contribution in [-0.4, -0.2) is 75.6 Å². The maximum absolute atomic E-state index is 15.3. The van der Waals surface area contributed by atoms with Gasteiger partial charge >= 0.3 is 0 Å². The predicted octanol–water partition coefficient (Wildman–Crippen LogP) is 1.42. The zero-order chi connectivity index (χ0) is 28.1. The van der Waals surface area contributed by atoms with E-state index >= 15 is 4.39 Å². The second kappa shape index (κ2) is 9.79. The number of hydrogen-bond donors (Lipinski definition) is 5. The second-order valence-electron chi connectivity index (χ2n) is 9.78. The van der Waals surface area contributed by atoms with E-state index in [-0.39, 0.29) is 23.1 Å². The molecule has 0 unspecified atom stereocenters. The molecule has 0 radical (unpaired) electrons. The molecular formula is C28H29FN2O7. The van der Waals surface area contributed by atoms with Crippen LogP contribution in [0.15, 0.2) is 59.7 Å². The molecule has 1 amide bonds. The molecule has 10 heteroatoms. The van der Waals surface area contributed by atoms with Gasteiger partial charge in [0.2, 0.25) is 11.6 Å². The first-order chi connectivity index (χ1) is 18.0. The van der Waals surface area contributed by atoms with E-state index in [0.717, 1.165) is 19.2 Å². The van der Waals surface area contributed by atoms with Gasteiger partial charge in [-0.05, 0) is 38.2 Å². The fourth-order valence-electron chi connectivity index (χ4n) is 6.15. The van der Waals surface area contributed by atoms with Crippen molar-refractivity contribution in [3.63, 3.8) is 0 Å². The van der Waals surface area contributed by atoms with E-state index in [1.54, 1.807) is 49.3 Å². The zero-order valence-electron chi connectivity index (χ0n) is 21.1. The number of aliphatic hydroxyl groups excluding tert-OH is 2. The fourth-order valence-corrected chi connectivity index (χ4v) is 6.15. The van der Waals surface area contributed by atoms with Gasteiger partial charge in [0.15, 0.2) is 5.60 Å². The van der Waals surface area contributed by atoms with Crippen LogP contribution in [0.1, 0.15) is 29.0 Å². The Bertz CT molecular complexity index is 1390. The van der Waals surface area contributed by atoms with Gasteiger partial charge in [-0.3, -0.25) is 14.4 Å². The zero-order valence-corrected chi connectivity index (χ0v) is 21.1. The molecule has 3 aliphatic carbocycles. The third kappa shape index (κ3) is 3.75. The van der Waals surface area contributed by atoms with Gasteiger partial charge < -0.3 is 31.1 Å². The molecule has 38 heavy (non-hydrogen) atoms. The number of nitrogens with two attached hydrogens (primary N) is 1. The van der Waals surface area contributed by atoms with Gasteiger partial charge in [-0.2, -0.15) is 0 Å². The van der Waals surface area contributed by atoms with Crippen LogP contribution in [0, 0.1) is 17.7 Å². The van der Waals surface area contributed by atoms with E-state index in [2.05, 4.69) is 0 Å². The highest BCUT2D eigenvalue weighted by Crippen LogP contribution is 2.56. The molecule has 1 saturated carbocycles. The van der Waals surface area contributed by atoms with Crippen molar-refractivity contribution in [3.05, 3.63) is 82.2 Å². The lowest BCUT2D eigenvalue weighted by molar-refractivity contribution is -0.160. The van der Waals surface area contributed by atoms with Gasteiger partial charge in [0.25, 0.3) is 5.91 Å². The third-order valence-electron chi connectivity index (χ3n) is 7.74. The molecule has 0 spiro atoms. The number of ketones is 2. The van der Waals surface area contributed by atoms with Crippen molar-refractivity contribution >= 4 is 23.2 Å². The molecule has 5 atom stereocenters. The highest BCUT2D eigenvalue weighted by atomic mass is 19.1. The number of amides is 1. The van der Waals surface area contributed by atoms with E-state index in [0.29, 0.717) is 5.56 Å². The number of halogens is 1. The summed E-state index contributed by atoms with van der Waals surface area (Å²) in [7, 11) is 4.34. The van der Waals surface area contributed by atoms with Crippen molar-refractivity contribution in [1.82, 2.24) is 4.90 Å². The Morgan fingerprint density at radius 1 is 1.05 bits per heavy atom. The number of primary amides is 1. The molecule has 9 nitrogen and oxygen atoms in total. The molecule has 200 valence electrons. The highest BCUT2D eigenvalue weighted by molar-refractivity contribution is 6.32. The van der Waals surface area contributed by atoms with Crippen molar-refractivity contribution in [2.75, 3.05) is 21.2 Å². The number of phenols is 1. The van der Waals surface area contributed by atoms with Crippen LogP contribution < -0.4 is 5.73 Å². The normalized spacial score (nSPS) is 28.0. The van der Waals surface area contributed by atoms with Crippen molar-refractivity contribution in [2.45, 2.75) is 24.0 Å². The van der Waals surface area contributed by atoms with E-state index in [1.807, 2.05) is 0 Å². The Morgan fingerprint density at radius 3 is 2.26 bits per heavy atom.